The molecule has 2 amide bonds. The third-order valence-electron chi connectivity index (χ3n) is 4.74. The van der Waals surface area contributed by atoms with Gasteiger partial charge < -0.3 is 25.4 Å². The maximum atomic E-state index is 12.6. The van der Waals surface area contributed by atoms with E-state index in [-0.39, 0.29) is 23.4 Å². The van der Waals surface area contributed by atoms with Gasteiger partial charge in [-0.15, -0.1) is 0 Å². The van der Waals surface area contributed by atoms with Crippen LogP contribution in [-0.4, -0.2) is 48.6 Å². The zero-order valence-corrected chi connectivity index (χ0v) is 15.0. The number of benzene rings is 1. The van der Waals surface area contributed by atoms with Crippen LogP contribution in [0.4, 0.5) is 14.5 Å². The molecule has 1 aromatic carbocycles. The molecule has 3 N–H and O–H groups in total. The third kappa shape index (κ3) is 4.99. The topological polar surface area (TPSA) is 93.9 Å². The normalized spacial score (nSPS) is 22.0. The molecule has 9 heteroatoms. The molecule has 0 radical (unpaired) electrons. The summed E-state index contributed by atoms with van der Waals surface area (Å²) in [5.41, 5.74) is 6.00. The smallest absolute Gasteiger partial charge is 0.387 e. The molecule has 0 aromatic heterocycles. The summed E-state index contributed by atoms with van der Waals surface area (Å²) in [6.07, 6.45) is 2.52. The Morgan fingerprint density at radius 1 is 1.33 bits per heavy atom. The highest BCUT2D eigenvalue weighted by Crippen LogP contribution is 2.35. The lowest BCUT2D eigenvalue weighted by Gasteiger charge is -2.20. The first kappa shape index (κ1) is 19.2. The molecular formula is C18H23F2N3O4. The van der Waals surface area contributed by atoms with E-state index in [1.54, 1.807) is 12.1 Å². The first-order chi connectivity index (χ1) is 12.8. The number of hydrogen-bond acceptors (Lipinski definition) is 5. The first-order valence-electron chi connectivity index (χ1n) is 8.88. The molecule has 1 saturated carbocycles. The lowest BCUT2D eigenvalue weighted by atomic mass is 10.1. The Bertz CT molecular complexity index is 690. The van der Waals surface area contributed by atoms with Gasteiger partial charge in [-0.2, -0.15) is 8.78 Å². The molecule has 0 unspecified atom stereocenters. The van der Waals surface area contributed by atoms with Gasteiger partial charge in [-0.3, -0.25) is 9.59 Å². The van der Waals surface area contributed by atoms with Crippen molar-refractivity contribution in [3.63, 3.8) is 0 Å². The third-order valence-corrected chi connectivity index (χ3v) is 4.74. The number of primary amides is 1. The van der Waals surface area contributed by atoms with E-state index in [0.29, 0.717) is 31.2 Å². The summed E-state index contributed by atoms with van der Waals surface area (Å²) >= 11 is 0. The summed E-state index contributed by atoms with van der Waals surface area (Å²) in [6, 6.07) is 3.75. The van der Waals surface area contributed by atoms with E-state index in [1.807, 2.05) is 0 Å². The van der Waals surface area contributed by atoms with Crippen LogP contribution in [0.25, 0.3) is 0 Å². The molecule has 1 aliphatic carbocycles. The Balaban J connectivity index is 1.71. The van der Waals surface area contributed by atoms with Gasteiger partial charge in [0.15, 0.2) is 11.5 Å². The number of alkyl halides is 2. The zero-order valence-electron chi connectivity index (χ0n) is 15.0. The number of ether oxygens (including phenoxy) is 2. The van der Waals surface area contributed by atoms with Crippen molar-refractivity contribution in [3.8, 4) is 11.5 Å². The standard InChI is InChI=1S/C18H23F2N3O4/c1-10(24)23-8-13(6-14(23)17(21)25)22-12-4-5-15(27-18(19)20)16(7-12)26-9-11-2-3-11/h4-5,7,11,13-14,18,22H,2-3,6,8-9H2,1H3,(H2,21,25)/t13-,14+/m0/s1. The summed E-state index contributed by atoms with van der Waals surface area (Å²) in [7, 11) is 0. The maximum Gasteiger partial charge on any atom is 0.387 e. The van der Waals surface area contributed by atoms with Gasteiger partial charge >= 0.3 is 6.61 Å². The second-order valence-corrected chi connectivity index (χ2v) is 6.96. The number of likely N-dealkylation sites (tertiary alicyclic amines) is 1. The van der Waals surface area contributed by atoms with Gasteiger partial charge in [0.2, 0.25) is 11.8 Å². The van der Waals surface area contributed by atoms with Crippen molar-refractivity contribution in [3.05, 3.63) is 18.2 Å². The van der Waals surface area contributed by atoms with E-state index in [9.17, 15) is 18.4 Å². The quantitative estimate of drug-likeness (QED) is 0.716. The van der Waals surface area contributed by atoms with Crippen LogP contribution in [0.2, 0.25) is 0 Å². The van der Waals surface area contributed by atoms with Gasteiger partial charge in [-0.25, -0.2) is 0 Å². The second kappa shape index (κ2) is 7.98. The van der Waals surface area contributed by atoms with E-state index < -0.39 is 18.6 Å². The molecule has 1 aromatic rings. The van der Waals surface area contributed by atoms with Crippen molar-refractivity contribution in [2.75, 3.05) is 18.5 Å². The number of nitrogens with zero attached hydrogens (tertiary/aromatic N) is 1. The molecule has 148 valence electrons. The molecule has 1 heterocycles. The monoisotopic (exact) mass is 383 g/mol. The highest BCUT2D eigenvalue weighted by Gasteiger charge is 2.37. The molecule has 27 heavy (non-hydrogen) atoms. The average Bonchev–Trinajstić information content (AvgIpc) is 3.32. The van der Waals surface area contributed by atoms with Crippen molar-refractivity contribution in [1.82, 2.24) is 4.90 Å². The van der Waals surface area contributed by atoms with Gasteiger partial charge in [0.1, 0.15) is 6.04 Å². The van der Waals surface area contributed by atoms with Crippen LogP contribution in [0, 0.1) is 5.92 Å². The number of nitrogens with one attached hydrogen (secondary N) is 1. The minimum absolute atomic E-state index is 0.0250. The Kier molecular flexibility index (Phi) is 5.67. The fraction of sp³-hybridized carbons (Fsp3) is 0.556. The van der Waals surface area contributed by atoms with Crippen molar-refractivity contribution >= 4 is 17.5 Å². The SMILES string of the molecule is CC(=O)N1C[C@@H](Nc2ccc(OC(F)F)c(OCC3CC3)c2)C[C@@H]1C(N)=O. The van der Waals surface area contributed by atoms with Crippen molar-refractivity contribution in [2.24, 2.45) is 11.7 Å². The molecule has 1 aliphatic heterocycles. The highest BCUT2D eigenvalue weighted by atomic mass is 19.3. The van der Waals surface area contributed by atoms with E-state index in [2.05, 4.69) is 10.1 Å². The number of hydrogen-bond donors (Lipinski definition) is 2. The summed E-state index contributed by atoms with van der Waals surface area (Å²) in [6.45, 7) is -0.772. The molecular weight excluding hydrogens is 360 g/mol. The van der Waals surface area contributed by atoms with Crippen LogP contribution in [0.3, 0.4) is 0 Å². The van der Waals surface area contributed by atoms with Gasteiger partial charge in [-0.05, 0) is 37.3 Å². The number of carbonyl (C=O) groups is 2. The first-order valence-corrected chi connectivity index (χ1v) is 8.88. The summed E-state index contributed by atoms with van der Waals surface area (Å²) < 4.78 is 35.4. The van der Waals surface area contributed by atoms with Gasteiger partial charge in [0, 0.05) is 31.3 Å². The number of carbonyl (C=O) groups excluding carboxylic acids is 2. The lowest BCUT2D eigenvalue weighted by Crippen LogP contribution is -2.42. The number of halogens is 2. The fourth-order valence-corrected chi connectivity index (χ4v) is 3.19. The minimum atomic E-state index is -2.94. The van der Waals surface area contributed by atoms with Crippen LogP contribution in [0.1, 0.15) is 26.2 Å². The van der Waals surface area contributed by atoms with Crippen LogP contribution < -0.4 is 20.5 Å². The molecule has 0 bridgehead atoms. The number of rotatable bonds is 8. The highest BCUT2D eigenvalue weighted by molar-refractivity contribution is 5.86. The average molecular weight is 383 g/mol. The lowest BCUT2D eigenvalue weighted by molar-refractivity contribution is -0.135. The minimum Gasteiger partial charge on any atom is -0.489 e. The summed E-state index contributed by atoms with van der Waals surface area (Å²) in [4.78, 5) is 24.7. The Morgan fingerprint density at radius 3 is 2.63 bits per heavy atom. The van der Waals surface area contributed by atoms with Crippen molar-refractivity contribution in [2.45, 2.75) is 44.9 Å². The predicted molar refractivity (Wildman–Crippen MR) is 93.7 cm³/mol. The molecule has 3 rings (SSSR count). The largest absolute Gasteiger partial charge is 0.489 e. The van der Waals surface area contributed by atoms with Crippen LogP contribution >= 0.6 is 0 Å². The molecule has 7 nitrogen and oxygen atoms in total. The molecule has 2 fully saturated rings. The Labute approximate surface area is 155 Å². The zero-order chi connectivity index (χ0) is 19.6. The number of amides is 2. The van der Waals surface area contributed by atoms with Crippen LogP contribution in [0.5, 0.6) is 11.5 Å². The van der Waals surface area contributed by atoms with Crippen LogP contribution in [-0.2, 0) is 9.59 Å². The Hall–Kier alpha value is -2.58. The molecule has 1 saturated heterocycles. The maximum absolute atomic E-state index is 12.6. The van der Waals surface area contributed by atoms with E-state index in [1.165, 1.54) is 17.9 Å². The molecule has 0 spiro atoms. The van der Waals surface area contributed by atoms with E-state index in [0.717, 1.165) is 12.8 Å². The number of nitrogens with two attached hydrogens (primary N) is 1. The fourth-order valence-electron chi connectivity index (χ4n) is 3.19. The van der Waals surface area contributed by atoms with Crippen LogP contribution in [0.15, 0.2) is 18.2 Å². The van der Waals surface area contributed by atoms with Crippen molar-refractivity contribution < 1.29 is 27.8 Å². The van der Waals surface area contributed by atoms with E-state index >= 15 is 0 Å². The summed E-state index contributed by atoms with van der Waals surface area (Å²) in [5, 5.41) is 3.21. The number of anilines is 1. The van der Waals surface area contributed by atoms with Crippen molar-refractivity contribution in [1.29, 1.82) is 0 Å². The second-order valence-electron chi connectivity index (χ2n) is 6.96. The van der Waals surface area contributed by atoms with E-state index in [4.69, 9.17) is 10.5 Å². The van der Waals surface area contributed by atoms with Gasteiger partial charge in [0.25, 0.3) is 0 Å². The molecule has 2 aliphatic rings. The van der Waals surface area contributed by atoms with Gasteiger partial charge in [0.05, 0.1) is 6.61 Å². The molecule has 2 atom stereocenters. The Morgan fingerprint density at radius 2 is 2.07 bits per heavy atom. The van der Waals surface area contributed by atoms with Gasteiger partial charge in [-0.1, -0.05) is 0 Å². The summed E-state index contributed by atoms with van der Waals surface area (Å²) in [5.74, 6) is -0.111. The predicted octanol–water partition coefficient (Wildman–Crippen LogP) is 1.96.